The minimum Gasteiger partial charge on any atom is -0.378 e. The molecule has 4 heteroatoms. The van der Waals surface area contributed by atoms with Crippen LogP contribution in [0.4, 0.5) is 0 Å². The van der Waals surface area contributed by atoms with Crippen molar-refractivity contribution in [3.05, 3.63) is 17.2 Å². The Hall–Kier alpha value is -0.610. The van der Waals surface area contributed by atoms with Crippen molar-refractivity contribution in [3.63, 3.8) is 0 Å². The lowest BCUT2D eigenvalue weighted by molar-refractivity contribution is 0.101. The molecule has 72 valence electrons. The van der Waals surface area contributed by atoms with Crippen LogP contribution < -0.4 is 0 Å². The van der Waals surface area contributed by atoms with E-state index in [0.717, 1.165) is 24.3 Å². The molecule has 1 aliphatic rings. The molecule has 0 radical (unpaired) electrons. The van der Waals surface area contributed by atoms with Crippen LogP contribution >= 0.6 is 12.2 Å². The van der Waals surface area contributed by atoms with Crippen molar-refractivity contribution in [2.24, 2.45) is 5.92 Å². The third-order valence-electron chi connectivity index (χ3n) is 2.69. The highest BCUT2D eigenvalue weighted by molar-refractivity contribution is 7.71. The number of aromatic nitrogens is 2. The normalized spacial score (nSPS) is 28.1. The molecule has 2 atom stereocenters. The molecule has 2 heterocycles. The molecule has 3 nitrogen and oxygen atoms in total. The number of aromatic amines is 1. The maximum Gasteiger partial charge on any atom is 0.177 e. The second-order valence-corrected chi connectivity index (χ2v) is 3.93. The fourth-order valence-corrected chi connectivity index (χ4v) is 1.96. The van der Waals surface area contributed by atoms with Gasteiger partial charge in [0.25, 0.3) is 0 Å². The second kappa shape index (κ2) is 3.64. The van der Waals surface area contributed by atoms with Gasteiger partial charge in [-0.25, -0.2) is 0 Å². The molecule has 2 rings (SSSR count). The topological polar surface area (TPSA) is 29.9 Å². The summed E-state index contributed by atoms with van der Waals surface area (Å²) in [6.07, 6.45) is 5.39. The Balaban J connectivity index is 2.06. The maximum absolute atomic E-state index is 5.50. The van der Waals surface area contributed by atoms with Crippen LogP contribution in [0.2, 0.25) is 0 Å². The molecule has 1 aromatic rings. The van der Waals surface area contributed by atoms with Crippen LogP contribution in [-0.2, 0) is 11.3 Å². The predicted molar refractivity (Wildman–Crippen MR) is 53.1 cm³/mol. The van der Waals surface area contributed by atoms with Crippen molar-refractivity contribution in [1.29, 1.82) is 0 Å². The van der Waals surface area contributed by atoms with Gasteiger partial charge < -0.3 is 14.3 Å². The molecule has 0 spiro atoms. The highest BCUT2D eigenvalue weighted by Crippen LogP contribution is 2.22. The van der Waals surface area contributed by atoms with E-state index in [9.17, 15) is 0 Å². The van der Waals surface area contributed by atoms with Crippen molar-refractivity contribution >= 4 is 12.2 Å². The van der Waals surface area contributed by atoms with E-state index in [1.54, 1.807) is 0 Å². The molecular formula is C9H14N2OS. The standard InChI is InChI=1S/C9H14N2OS/c1-7-8(2-5-12-7)6-11-4-3-10-9(11)13/h3-4,7-8H,2,5-6H2,1H3,(H,10,13). The van der Waals surface area contributed by atoms with E-state index in [0.29, 0.717) is 12.0 Å². The van der Waals surface area contributed by atoms with Gasteiger partial charge in [-0.1, -0.05) is 0 Å². The predicted octanol–water partition coefficient (Wildman–Crippen LogP) is 1.97. The summed E-state index contributed by atoms with van der Waals surface area (Å²) in [4.78, 5) is 2.99. The Morgan fingerprint density at radius 3 is 3.15 bits per heavy atom. The number of hydrogen-bond donors (Lipinski definition) is 1. The molecule has 1 saturated heterocycles. The van der Waals surface area contributed by atoms with Gasteiger partial charge in [0.2, 0.25) is 0 Å². The summed E-state index contributed by atoms with van der Waals surface area (Å²) in [5, 5.41) is 0. The average Bonchev–Trinajstić information content (AvgIpc) is 2.65. The highest BCUT2D eigenvalue weighted by atomic mass is 32.1. The molecule has 1 aliphatic heterocycles. The van der Waals surface area contributed by atoms with Crippen molar-refractivity contribution < 1.29 is 4.74 Å². The Morgan fingerprint density at radius 2 is 2.62 bits per heavy atom. The lowest BCUT2D eigenvalue weighted by atomic mass is 10.0. The lowest BCUT2D eigenvalue weighted by Crippen LogP contribution is -2.17. The van der Waals surface area contributed by atoms with Crippen LogP contribution in [0.1, 0.15) is 13.3 Å². The monoisotopic (exact) mass is 198 g/mol. The molecule has 0 aliphatic carbocycles. The molecule has 0 bridgehead atoms. The summed E-state index contributed by atoms with van der Waals surface area (Å²) >= 11 is 5.13. The van der Waals surface area contributed by atoms with Crippen molar-refractivity contribution in [2.75, 3.05) is 6.61 Å². The SMILES string of the molecule is CC1OCCC1Cn1cc[nH]c1=S. The first kappa shape index (κ1) is 8.97. The van der Waals surface area contributed by atoms with Crippen molar-refractivity contribution in [3.8, 4) is 0 Å². The first-order chi connectivity index (χ1) is 6.27. The third-order valence-corrected chi connectivity index (χ3v) is 3.04. The zero-order chi connectivity index (χ0) is 9.26. The Morgan fingerprint density at radius 1 is 1.77 bits per heavy atom. The summed E-state index contributed by atoms with van der Waals surface area (Å²) < 4.78 is 8.38. The summed E-state index contributed by atoms with van der Waals surface area (Å²) in [7, 11) is 0. The van der Waals surface area contributed by atoms with Crippen LogP contribution in [0.5, 0.6) is 0 Å². The number of nitrogens with one attached hydrogen (secondary N) is 1. The fraction of sp³-hybridized carbons (Fsp3) is 0.667. The van der Waals surface area contributed by atoms with Crippen molar-refractivity contribution in [1.82, 2.24) is 9.55 Å². The summed E-state index contributed by atoms with van der Waals surface area (Å²) in [5.41, 5.74) is 0. The number of rotatable bonds is 2. The summed E-state index contributed by atoms with van der Waals surface area (Å²) in [5.74, 6) is 0.613. The van der Waals surface area contributed by atoms with Crippen LogP contribution in [0.15, 0.2) is 12.4 Å². The Labute approximate surface area is 82.7 Å². The van der Waals surface area contributed by atoms with Crippen LogP contribution in [0, 0.1) is 10.7 Å². The summed E-state index contributed by atoms with van der Waals surface area (Å²) in [6, 6.07) is 0. The van der Waals surface area contributed by atoms with Gasteiger partial charge in [0, 0.05) is 31.5 Å². The average molecular weight is 198 g/mol. The number of imidazole rings is 1. The minimum atomic E-state index is 0.372. The van der Waals surface area contributed by atoms with Gasteiger partial charge in [-0.2, -0.15) is 0 Å². The van der Waals surface area contributed by atoms with Gasteiger partial charge >= 0.3 is 0 Å². The summed E-state index contributed by atoms with van der Waals surface area (Å²) in [6.45, 7) is 4.00. The van der Waals surface area contributed by atoms with Gasteiger partial charge in [-0.3, -0.25) is 0 Å². The second-order valence-electron chi connectivity index (χ2n) is 3.54. The first-order valence-corrected chi connectivity index (χ1v) is 5.03. The molecule has 0 saturated carbocycles. The smallest absolute Gasteiger partial charge is 0.177 e. The zero-order valence-corrected chi connectivity index (χ0v) is 8.51. The Kier molecular flexibility index (Phi) is 2.51. The van der Waals surface area contributed by atoms with Gasteiger partial charge in [-0.05, 0) is 25.6 Å². The first-order valence-electron chi connectivity index (χ1n) is 4.63. The fourth-order valence-electron chi connectivity index (χ4n) is 1.76. The maximum atomic E-state index is 5.50. The van der Waals surface area contributed by atoms with Gasteiger partial charge in [0.1, 0.15) is 0 Å². The van der Waals surface area contributed by atoms with Crippen LogP contribution in [0.3, 0.4) is 0 Å². The molecule has 0 aromatic carbocycles. The van der Waals surface area contributed by atoms with Gasteiger partial charge in [0.15, 0.2) is 4.77 Å². The quantitative estimate of drug-likeness (QED) is 0.736. The van der Waals surface area contributed by atoms with E-state index in [1.807, 2.05) is 12.4 Å². The number of nitrogens with zero attached hydrogens (tertiary/aromatic N) is 1. The van der Waals surface area contributed by atoms with E-state index < -0.39 is 0 Å². The molecule has 1 N–H and O–H groups in total. The van der Waals surface area contributed by atoms with E-state index >= 15 is 0 Å². The van der Waals surface area contributed by atoms with Crippen molar-refractivity contribution in [2.45, 2.75) is 26.0 Å². The van der Waals surface area contributed by atoms with E-state index in [2.05, 4.69) is 16.5 Å². The molecule has 0 amide bonds. The molecule has 1 aromatic heterocycles. The van der Waals surface area contributed by atoms with E-state index in [-0.39, 0.29) is 0 Å². The largest absolute Gasteiger partial charge is 0.378 e. The minimum absolute atomic E-state index is 0.372. The Bertz CT molecular complexity index is 330. The zero-order valence-electron chi connectivity index (χ0n) is 7.69. The highest BCUT2D eigenvalue weighted by Gasteiger charge is 2.24. The molecule has 2 unspecified atom stereocenters. The van der Waals surface area contributed by atoms with E-state index in [1.165, 1.54) is 0 Å². The number of hydrogen-bond acceptors (Lipinski definition) is 2. The number of H-pyrrole nitrogens is 1. The molecule has 1 fully saturated rings. The van der Waals surface area contributed by atoms with Gasteiger partial charge in [-0.15, -0.1) is 0 Å². The molecule has 13 heavy (non-hydrogen) atoms. The van der Waals surface area contributed by atoms with Crippen LogP contribution in [-0.4, -0.2) is 22.3 Å². The van der Waals surface area contributed by atoms with E-state index in [4.69, 9.17) is 17.0 Å². The van der Waals surface area contributed by atoms with Gasteiger partial charge in [0.05, 0.1) is 6.10 Å². The van der Waals surface area contributed by atoms with Crippen LogP contribution in [0.25, 0.3) is 0 Å². The third kappa shape index (κ3) is 1.84. The molecular weight excluding hydrogens is 184 g/mol. The number of ether oxygens (including phenoxy) is 1. The lowest BCUT2D eigenvalue weighted by Gasteiger charge is -2.13.